The molecule has 1 aromatic heterocycles. The topological polar surface area (TPSA) is 63.3 Å². The summed E-state index contributed by atoms with van der Waals surface area (Å²) in [4.78, 5) is 15.1. The minimum absolute atomic E-state index is 0.109. The van der Waals surface area contributed by atoms with Crippen LogP contribution < -0.4 is 0 Å². The molecule has 1 aromatic carbocycles. The number of carbonyl (C=O) groups is 1. The zero-order chi connectivity index (χ0) is 12.4. The van der Waals surface area contributed by atoms with Gasteiger partial charge in [-0.1, -0.05) is 19.9 Å². The predicted molar refractivity (Wildman–Crippen MR) is 63.7 cm³/mol. The number of carboxylic acids is 1. The standard InChI is InChI=1S/C13H15NO3/c1-8(2)10(13(15)16)5-9-3-4-11-12(6-9)17-7-14-11/h3-4,6-8,10H,5H2,1-2H3,(H,15,16). The third kappa shape index (κ3) is 2.46. The van der Waals surface area contributed by atoms with Gasteiger partial charge in [0.25, 0.3) is 0 Å². The number of fused-ring (bicyclic) bond motifs is 1. The molecule has 0 aliphatic carbocycles. The number of nitrogens with zero attached hydrogens (tertiary/aromatic N) is 1. The third-order valence-electron chi connectivity index (χ3n) is 2.97. The highest BCUT2D eigenvalue weighted by Gasteiger charge is 2.21. The molecule has 0 amide bonds. The zero-order valence-corrected chi connectivity index (χ0v) is 9.88. The maximum Gasteiger partial charge on any atom is 0.307 e. The van der Waals surface area contributed by atoms with Crippen LogP contribution in [0.1, 0.15) is 19.4 Å². The average molecular weight is 233 g/mol. The van der Waals surface area contributed by atoms with Gasteiger partial charge in [0.05, 0.1) is 5.92 Å². The SMILES string of the molecule is CC(C)C(Cc1ccc2ncoc2c1)C(=O)O. The quantitative estimate of drug-likeness (QED) is 0.881. The molecule has 1 heterocycles. The van der Waals surface area contributed by atoms with Crippen LogP contribution in [-0.4, -0.2) is 16.1 Å². The zero-order valence-electron chi connectivity index (χ0n) is 9.88. The average Bonchev–Trinajstić information content (AvgIpc) is 2.71. The number of hydrogen-bond donors (Lipinski definition) is 1. The second kappa shape index (κ2) is 4.57. The van der Waals surface area contributed by atoms with Crippen molar-refractivity contribution < 1.29 is 14.3 Å². The van der Waals surface area contributed by atoms with Gasteiger partial charge in [-0.25, -0.2) is 4.98 Å². The maximum absolute atomic E-state index is 11.1. The van der Waals surface area contributed by atoms with Crippen molar-refractivity contribution in [3.63, 3.8) is 0 Å². The molecule has 4 nitrogen and oxygen atoms in total. The highest BCUT2D eigenvalue weighted by atomic mass is 16.4. The number of carboxylic acid groups (broad SMARTS) is 1. The monoisotopic (exact) mass is 233 g/mol. The molecule has 1 atom stereocenters. The Balaban J connectivity index is 2.24. The molecule has 0 saturated carbocycles. The number of aliphatic carboxylic acids is 1. The van der Waals surface area contributed by atoms with Gasteiger partial charge in [0, 0.05) is 0 Å². The van der Waals surface area contributed by atoms with Crippen molar-refractivity contribution in [3.8, 4) is 0 Å². The summed E-state index contributed by atoms with van der Waals surface area (Å²) in [5, 5.41) is 9.14. The molecule has 2 rings (SSSR count). The predicted octanol–water partition coefficient (Wildman–Crippen LogP) is 2.73. The molecule has 1 unspecified atom stereocenters. The Morgan fingerprint density at radius 3 is 2.88 bits per heavy atom. The number of benzene rings is 1. The van der Waals surface area contributed by atoms with Crippen molar-refractivity contribution in [2.24, 2.45) is 11.8 Å². The summed E-state index contributed by atoms with van der Waals surface area (Å²) in [7, 11) is 0. The molecule has 90 valence electrons. The molecule has 2 aromatic rings. The number of rotatable bonds is 4. The van der Waals surface area contributed by atoms with E-state index in [4.69, 9.17) is 9.52 Å². The van der Waals surface area contributed by atoms with E-state index in [1.165, 1.54) is 6.39 Å². The molecule has 17 heavy (non-hydrogen) atoms. The van der Waals surface area contributed by atoms with E-state index in [2.05, 4.69) is 4.98 Å². The van der Waals surface area contributed by atoms with Gasteiger partial charge in [0.1, 0.15) is 5.52 Å². The summed E-state index contributed by atoms with van der Waals surface area (Å²) < 4.78 is 5.20. The lowest BCUT2D eigenvalue weighted by atomic mass is 9.89. The van der Waals surface area contributed by atoms with Crippen molar-refractivity contribution in [2.75, 3.05) is 0 Å². The highest BCUT2D eigenvalue weighted by molar-refractivity contribution is 5.74. The first kappa shape index (κ1) is 11.6. The Labute approximate surface area is 99.3 Å². The Morgan fingerprint density at radius 2 is 2.24 bits per heavy atom. The van der Waals surface area contributed by atoms with Crippen LogP contribution in [0.3, 0.4) is 0 Å². The van der Waals surface area contributed by atoms with Crippen LogP contribution in [0.2, 0.25) is 0 Å². The van der Waals surface area contributed by atoms with Gasteiger partial charge in [-0.05, 0) is 30.0 Å². The van der Waals surface area contributed by atoms with Crippen molar-refractivity contribution in [3.05, 3.63) is 30.2 Å². The van der Waals surface area contributed by atoms with E-state index >= 15 is 0 Å². The number of oxazole rings is 1. The second-order valence-corrected chi connectivity index (χ2v) is 4.55. The van der Waals surface area contributed by atoms with Gasteiger partial charge >= 0.3 is 5.97 Å². The van der Waals surface area contributed by atoms with Crippen molar-refractivity contribution >= 4 is 17.1 Å². The minimum atomic E-state index is -0.752. The largest absolute Gasteiger partial charge is 0.481 e. The van der Waals surface area contributed by atoms with Crippen LogP contribution >= 0.6 is 0 Å². The Kier molecular flexibility index (Phi) is 3.13. The first-order valence-corrected chi connectivity index (χ1v) is 5.63. The molecule has 0 aliphatic heterocycles. The van der Waals surface area contributed by atoms with E-state index in [9.17, 15) is 4.79 Å². The maximum atomic E-state index is 11.1. The van der Waals surface area contributed by atoms with Crippen molar-refractivity contribution in [1.82, 2.24) is 4.98 Å². The van der Waals surface area contributed by atoms with E-state index in [-0.39, 0.29) is 11.8 Å². The summed E-state index contributed by atoms with van der Waals surface area (Å²) in [5.41, 5.74) is 2.47. The molecule has 0 aliphatic rings. The van der Waals surface area contributed by atoms with Crippen LogP contribution in [0, 0.1) is 11.8 Å². The molecule has 4 heteroatoms. The molecule has 0 fully saturated rings. The van der Waals surface area contributed by atoms with Crippen LogP contribution in [0.5, 0.6) is 0 Å². The van der Waals surface area contributed by atoms with Crippen molar-refractivity contribution in [2.45, 2.75) is 20.3 Å². The number of aromatic nitrogens is 1. The first-order valence-electron chi connectivity index (χ1n) is 5.63. The number of hydrogen-bond acceptors (Lipinski definition) is 3. The van der Waals surface area contributed by atoms with Crippen molar-refractivity contribution in [1.29, 1.82) is 0 Å². The van der Waals surface area contributed by atoms with Gasteiger partial charge < -0.3 is 9.52 Å². The molecule has 1 N–H and O–H groups in total. The third-order valence-corrected chi connectivity index (χ3v) is 2.97. The molecular weight excluding hydrogens is 218 g/mol. The van der Waals surface area contributed by atoms with E-state index in [0.29, 0.717) is 12.0 Å². The van der Waals surface area contributed by atoms with E-state index < -0.39 is 5.97 Å². The lowest BCUT2D eigenvalue weighted by Crippen LogP contribution is -2.22. The van der Waals surface area contributed by atoms with Gasteiger partial charge in [0.15, 0.2) is 12.0 Å². The fourth-order valence-electron chi connectivity index (χ4n) is 1.89. The minimum Gasteiger partial charge on any atom is -0.481 e. The Bertz CT molecular complexity index is 530. The summed E-state index contributed by atoms with van der Waals surface area (Å²) in [6, 6.07) is 5.62. The van der Waals surface area contributed by atoms with E-state index in [1.807, 2.05) is 32.0 Å². The summed E-state index contributed by atoms with van der Waals surface area (Å²) in [6.07, 6.45) is 1.91. The normalized spacial score (nSPS) is 13.1. The van der Waals surface area contributed by atoms with E-state index in [1.54, 1.807) is 0 Å². The molecular formula is C13H15NO3. The molecule has 0 bridgehead atoms. The van der Waals surface area contributed by atoms with Gasteiger partial charge in [-0.3, -0.25) is 4.79 Å². The second-order valence-electron chi connectivity index (χ2n) is 4.55. The van der Waals surface area contributed by atoms with E-state index in [0.717, 1.165) is 11.1 Å². The Morgan fingerprint density at radius 1 is 1.47 bits per heavy atom. The van der Waals surface area contributed by atoms with Crippen LogP contribution in [-0.2, 0) is 11.2 Å². The first-order chi connectivity index (χ1) is 8.08. The summed E-state index contributed by atoms with van der Waals surface area (Å²) in [5.74, 6) is -1.01. The summed E-state index contributed by atoms with van der Waals surface area (Å²) >= 11 is 0. The molecule has 0 spiro atoms. The Hall–Kier alpha value is -1.84. The smallest absolute Gasteiger partial charge is 0.307 e. The lowest BCUT2D eigenvalue weighted by Gasteiger charge is -2.15. The molecule has 0 saturated heterocycles. The van der Waals surface area contributed by atoms with Crippen LogP contribution in [0.4, 0.5) is 0 Å². The van der Waals surface area contributed by atoms with Gasteiger partial charge in [-0.15, -0.1) is 0 Å². The summed E-state index contributed by atoms with van der Waals surface area (Å²) in [6.45, 7) is 3.84. The highest BCUT2D eigenvalue weighted by Crippen LogP contribution is 2.21. The van der Waals surface area contributed by atoms with Gasteiger partial charge in [0.2, 0.25) is 0 Å². The fraction of sp³-hybridized carbons (Fsp3) is 0.385. The lowest BCUT2D eigenvalue weighted by molar-refractivity contribution is -0.143. The van der Waals surface area contributed by atoms with Crippen LogP contribution in [0.15, 0.2) is 29.0 Å². The van der Waals surface area contributed by atoms with Gasteiger partial charge in [-0.2, -0.15) is 0 Å². The molecule has 0 radical (unpaired) electrons. The fourth-order valence-corrected chi connectivity index (χ4v) is 1.89. The van der Waals surface area contributed by atoms with Crippen LogP contribution in [0.25, 0.3) is 11.1 Å².